The number of hydrogen-bond acceptors (Lipinski definition) is 15. The summed E-state index contributed by atoms with van der Waals surface area (Å²) in [4.78, 5) is 54.7. The normalized spacial score (nSPS) is 19.3. The molecule has 16 heteroatoms. The summed E-state index contributed by atoms with van der Waals surface area (Å²) in [6, 6.07) is 9.19. The highest BCUT2D eigenvalue weighted by atomic mass is 31.2. The fourth-order valence-electron chi connectivity index (χ4n) is 4.93. The van der Waals surface area contributed by atoms with Crippen LogP contribution in [0.25, 0.3) is 0 Å². The Morgan fingerprint density at radius 3 is 1.65 bits per heavy atom. The van der Waals surface area contributed by atoms with Crippen LogP contribution in [0.1, 0.15) is 12.5 Å². The van der Waals surface area contributed by atoms with Gasteiger partial charge in [0.1, 0.15) is 7.60 Å². The maximum atomic E-state index is 12.5. The number of carboxylic acids is 3. The van der Waals surface area contributed by atoms with Gasteiger partial charge in [0.2, 0.25) is 0 Å². The molecular formula is C27H42N5O10P-4. The van der Waals surface area contributed by atoms with Gasteiger partial charge in [-0.2, -0.15) is 0 Å². The zero-order chi connectivity index (χ0) is 31.8. The van der Waals surface area contributed by atoms with Crippen molar-refractivity contribution in [2.45, 2.75) is 19.6 Å². The number of β-amino-alcohol motifs (C(OH)–C–C–N with tert-alkyl or cyclic N) is 1. The molecule has 1 fully saturated rings. The smallest absolute Gasteiger partial charge is 0.148 e. The summed E-state index contributed by atoms with van der Waals surface area (Å²) >= 11 is 0. The Morgan fingerprint density at radius 2 is 1.26 bits per heavy atom. The van der Waals surface area contributed by atoms with Crippen LogP contribution in [0.4, 0.5) is 0 Å². The summed E-state index contributed by atoms with van der Waals surface area (Å²) in [5.74, 6) is -3.89. The predicted octanol–water partition coefficient (Wildman–Crippen LogP) is -5.13. The molecule has 1 N–H and O–H groups in total. The molecule has 0 saturated carbocycles. The third-order valence-corrected chi connectivity index (χ3v) is 8.27. The molecule has 0 radical (unpaired) electrons. The van der Waals surface area contributed by atoms with Crippen LogP contribution in [0.5, 0.6) is 0 Å². The molecule has 1 aliphatic rings. The lowest BCUT2D eigenvalue weighted by molar-refractivity contribution is -0.308. The fraction of sp³-hybridized carbons (Fsp3) is 0.667. The molecule has 1 heterocycles. The summed E-state index contributed by atoms with van der Waals surface area (Å²) in [6.45, 7) is 2.64. The van der Waals surface area contributed by atoms with Gasteiger partial charge in [-0.25, -0.2) is 0 Å². The van der Waals surface area contributed by atoms with E-state index in [1.54, 1.807) is 26.5 Å². The van der Waals surface area contributed by atoms with Gasteiger partial charge >= 0.3 is 0 Å². The highest BCUT2D eigenvalue weighted by Gasteiger charge is 2.22. The second-order valence-electron chi connectivity index (χ2n) is 10.6. The first-order chi connectivity index (χ1) is 20.3. The maximum Gasteiger partial charge on any atom is 0.148 e. The summed E-state index contributed by atoms with van der Waals surface area (Å²) in [7, 11) is -4.20. The number of nitrogens with zero attached hydrogens (tertiary/aromatic N) is 5. The lowest BCUT2D eigenvalue weighted by atomic mass is 10.2. The topological polar surface area (TPSA) is 206 Å². The van der Waals surface area contributed by atoms with Gasteiger partial charge in [0, 0.05) is 91.6 Å². The monoisotopic (exact) mass is 627 g/mol. The van der Waals surface area contributed by atoms with E-state index in [9.17, 15) is 44.3 Å². The van der Waals surface area contributed by atoms with E-state index in [1.165, 1.54) is 0 Å². The van der Waals surface area contributed by atoms with E-state index in [-0.39, 0.29) is 78.6 Å². The Bertz CT molecular complexity index is 1020. The first-order valence-corrected chi connectivity index (χ1v) is 16.0. The molecule has 2 atom stereocenters. The van der Waals surface area contributed by atoms with Crippen molar-refractivity contribution in [3.05, 3.63) is 35.9 Å². The third-order valence-electron chi connectivity index (χ3n) is 6.87. The van der Waals surface area contributed by atoms with Crippen molar-refractivity contribution in [1.82, 2.24) is 24.5 Å². The SMILES string of the molecule is CCOP(=O)([O-])CN(Cc1ccccc1)CC(O)CN1CCN(CC(=O)[O-])CCN(CC(=O)[O-])CCN(CC(=O)[O-])CC1. The Balaban J connectivity index is 2.18. The van der Waals surface area contributed by atoms with Crippen molar-refractivity contribution in [2.75, 3.05) is 98.0 Å². The van der Waals surface area contributed by atoms with E-state index in [0.29, 0.717) is 13.1 Å². The number of hydrogen-bond donors (Lipinski definition) is 1. The number of benzene rings is 1. The second kappa shape index (κ2) is 19.0. The molecular weight excluding hydrogens is 585 g/mol. The van der Waals surface area contributed by atoms with E-state index in [2.05, 4.69) is 0 Å². The van der Waals surface area contributed by atoms with Crippen molar-refractivity contribution in [2.24, 2.45) is 0 Å². The third kappa shape index (κ3) is 16.3. The van der Waals surface area contributed by atoms with Gasteiger partial charge in [-0.1, -0.05) is 30.3 Å². The molecule has 2 rings (SSSR count). The Hall–Kier alpha value is -2.46. The lowest BCUT2D eigenvalue weighted by Gasteiger charge is -2.36. The maximum absolute atomic E-state index is 12.5. The summed E-state index contributed by atoms with van der Waals surface area (Å²) in [5.41, 5.74) is 0.848. The largest absolute Gasteiger partial charge is 0.778 e. The van der Waals surface area contributed by atoms with Gasteiger partial charge in [-0.05, 0) is 12.5 Å². The van der Waals surface area contributed by atoms with E-state index in [4.69, 9.17) is 4.52 Å². The average Bonchev–Trinajstić information content (AvgIpc) is 2.89. The Labute approximate surface area is 252 Å². The van der Waals surface area contributed by atoms with Crippen LogP contribution in [0.3, 0.4) is 0 Å². The van der Waals surface area contributed by atoms with Crippen LogP contribution in [-0.4, -0.2) is 152 Å². The number of carbonyl (C=O) groups excluding carboxylic acids is 3. The lowest BCUT2D eigenvalue weighted by Crippen LogP contribution is -2.52. The Morgan fingerprint density at radius 1 is 0.837 bits per heavy atom. The van der Waals surface area contributed by atoms with Gasteiger partial charge in [0.15, 0.2) is 0 Å². The van der Waals surface area contributed by atoms with Gasteiger partial charge in [0.05, 0.1) is 36.9 Å². The quantitative estimate of drug-likeness (QED) is 0.170. The van der Waals surface area contributed by atoms with E-state index >= 15 is 0 Å². The summed E-state index contributed by atoms with van der Waals surface area (Å²) in [5, 5.41) is 45.1. The molecule has 1 aromatic carbocycles. The van der Waals surface area contributed by atoms with Crippen LogP contribution in [0.2, 0.25) is 0 Å². The fourth-order valence-corrected chi connectivity index (χ4v) is 6.11. The first-order valence-electron chi connectivity index (χ1n) is 14.2. The standard InChI is InChI=1S/C27H46N5O10P/c1-2-42-43(40,41)22-32(16-23-6-4-3-5-7-23)18-24(33)17-28-8-10-29(19-25(34)35)12-14-31(21-27(38)39)15-13-30(11-9-28)20-26(36)37/h3-7,24,33H,2,8-22H2,1H3,(H,34,35)(H,36,37)(H,38,39)(H,40,41)/p-4. The zero-order valence-corrected chi connectivity index (χ0v) is 25.5. The van der Waals surface area contributed by atoms with Crippen molar-refractivity contribution < 1.29 is 48.8 Å². The molecule has 0 spiro atoms. The minimum Gasteiger partial charge on any atom is -0.778 e. The molecule has 1 aromatic rings. The van der Waals surface area contributed by atoms with Crippen LogP contribution in [0.15, 0.2) is 30.3 Å². The number of rotatable bonds is 16. The van der Waals surface area contributed by atoms with Crippen molar-refractivity contribution in [1.29, 1.82) is 0 Å². The summed E-state index contributed by atoms with van der Waals surface area (Å²) in [6.07, 6.45) is -1.42. The number of carboxylic acid groups (broad SMARTS) is 3. The summed E-state index contributed by atoms with van der Waals surface area (Å²) < 4.78 is 17.4. The van der Waals surface area contributed by atoms with Gasteiger partial charge in [-0.15, -0.1) is 0 Å². The molecule has 15 nitrogen and oxygen atoms in total. The molecule has 0 amide bonds. The highest BCUT2D eigenvalue weighted by molar-refractivity contribution is 7.51. The van der Waals surface area contributed by atoms with Crippen LogP contribution >= 0.6 is 7.60 Å². The molecule has 0 aromatic heterocycles. The second-order valence-corrected chi connectivity index (χ2v) is 12.3. The van der Waals surface area contributed by atoms with Crippen LogP contribution in [0, 0.1) is 0 Å². The number of aliphatic carboxylic acids is 3. The average molecular weight is 628 g/mol. The molecule has 244 valence electrons. The van der Waals surface area contributed by atoms with Crippen molar-refractivity contribution >= 4 is 25.5 Å². The van der Waals surface area contributed by atoms with Crippen molar-refractivity contribution in [3.8, 4) is 0 Å². The molecule has 1 aliphatic heterocycles. The van der Waals surface area contributed by atoms with Gasteiger partial charge in [-0.3, -0.25) is 24.5 Å². The van der Waals surface area contributed by atoms with E-state index < -0.39 is 44.4 Å². The number of carbonyl (C=O) groups is 3. The molecule has 2 unspecified atom stereocenters. The number of aliphatic hydroxyl groups is 1. The van der Waals surface area contributed by atoms with Crippen LogP contribution < -0.4 is 20.2 Å². The predicted molar refractivity (Wildman–Crippen MR) is 148 cm³/mol. The molecule has 0 bridgehead atoms. The van der Waals surface area contributed by atoms with Crippen LogP contribution in [-0.2, 0) is 30.0 Å². The highest BCUT2D eigenvalue weighted by Crippen LogP contribution is 2.37. The van der Waals surface area contributed by atoms with E-state index in [1.807, 2.05) is 35.2 Å². The molecule has 43 heavy (non-hydrogen) atoms. The molecule has 1 saturated heterocycles. The minimum atomic E-state index is -4.20. The van der Waals surface area contributed by atoms with Crippen molar-refractivity contribution in [3.63, 3.8) is 0 Å². The Kier molecular flexibility index (Phi) is 16.3. The van der Waals surface area contributed by atoms with E-state index in [0.717, 1.165) is 5.56 Å². The van der Waals surface area contributed by atoms with Gasteiger partial charge < -0.3 is 48.8 Å². The zero-order valence-electron chi connectivity index (χ0n) is 24.6. The number of aliphatic hydroxyl groups excluding tert-OH is 1. The molecule has 0 aliphatic carbocycles. The first kappa shape index (κ1) is 36.7. The minimum absolute atomic E-state index is 0.00555. The van der Waals surface area contributed by atoms with Gasteiger partial charge in [0.25, 0.3) is 0 Å².